The summed E-state index contributed by atoms with van der Waals surface area (Å²) in [6, 6.07) is 0. The Morgan fingerprint density at radius 2 is 2.06 bits per heavy atom. The Morgan fingerprint density at radius 1 is 1.19 bits per heavy atom. The summed E-state index contributed by atoms with van der Waals surface area (Å²) in [5.41, 5.74) is 0. The van der Waals surface area contributed by atoms with Gasteiger partial charge in [0.05, 0.1) is 5.92 Å². The average Bonchev–Trinajstić information content (AvgIpc) is 2.54. The Hall–Kier alpha value is -0.570. The molecule has 2 heterocycles. The Morgan fingerprint density at radius 3 is 2.81 bits per heavy atom. The molecule has 0 saturated carbocycles. The van der Waals surface area contributed by atoms with Crippen LogP contribution in [0.15, 0.2) is 0 Å². The van der Waals surface area contributed by atoms with E-state index < -0.39 is 0 Å². The number of piperidine rings is 1. The number of hydrogen-bond donors (Lipinski definition) is 1. The van der Waals surface area contributed by atoms with Crippen LogP contribution in [0.1, 0.15) is 39.0 Å². The molecule has 3 nitrogen and oxygen atoms in total. The Balaban J connectivity index is 1.87. The maximum absolute atomic E-state index is 12.3. The standard InChI is InChI=1S/C13H24N2O/c1-11-4-3-8-15(9-6-11)13(16)12-5-2-7-14-10-12/h11-12,14H,2-10H2,1H3/t11?,12-/m1/s1. The van der Waals surface area contributed by atoms with Gasteiger partial charge in [0.1, 0.15) is 0 Å². The van der Waals surface area contributed by atoms with E-state index >= 15 is 0 Å². The van der Waals surface area contributed by atoms with Gasteiger partial charge in [-0.2, -0.15) is 0 Å². The molecule has 0 spiro atoms. The van der Waals surface area contributed by atoms with Crippen LogP contribution in [0.5, 0.6) is 0 Å². The first-order valence-electron chi connectivity index (χ1n) is 6.77. The molecule has 3 heteroatoms. The van der Waals surface area contributed by atoms with Crippen molar-refractivity contribution in [3.63, 3.8) is 0 Å². The van der Waals surface area contributed by atoms with Gasteiger partial charge in [-0.05, 0) is 44.6 Å². The predicted octanol–water partition coefficient (Wildman–Crippen LogP) is 1.63. The van der Waals surface area contributed by atoms with Crippen LogP contribution in [-0.2, 0) is 4.79 Å². The number of carbonyl (C=O) groups excluding carboxylic acids is 1. The van der Waals surface area contributed by atoms with E-state index in [2.05, 4.69) is 17.1 Å². The van der Waals surface area contributed by atoms with Crippen LogP contribution in [0.4, 0.5) is 0 Å². The quantitative estimate of drug-likeness (QED) is 0.734. The number of amides is 1. The van der Waals surface area contributed by atoms with Gasteiger partial charge in [-0.25, -0.2) is 0 Å². The number of nitrogens with one attached hydrogen (secondary N) is 1. The van der Waals surface area contributed by atoms with Crippen molar-refractivity contribution in [1.82, 2.24) is 10.2 Å². The highest BCUT2D eigenvalue weighted by molar-refractivity contribution is 5.79. The zero-order valence-corrected chi connectivity index (χ0v) is 10.4. The van der Waals surface area contributed by atoms with Crippen LogP contribution >= 0.6 is 0 Å². The zero-order chi connectivity index (χ0) is 11.4. The van der Waals surface area contributed by atoms with Crippen molar-refractivity contribution in [2.24, 2.45) is 11.8 Å². The Labute approximate surface area is 98.6 Å². The van der Waals surface area contributed by atoms with E-state index in [0.29, 0.717) is 5.91 Å². The first-order valence-corrected chi connectivity index (χ1v) is 6.77. The first-order chi connectivity index (χ1) is 7.77. The minimum absolute atomic E-state index is 0.252. The molecule has 92 valence electrons. The van der Waals surface area contributed by atoms with Gasteiger partial charge in [0.15, 0.2) is 0 Å². The largest absolute Gasteiger partial charge is 0.342 e. The van der Waals surface area contributed by atoms with Crippen LogP contribution in [0.3, 0.4) is 0 Å². The summed E-state index contributed by atoms with van der Waals surface area (Å²) in [6.07, 6.45) is 5.89. The maximum Gasteiger partial charge on any atom is 0.226 e. The van der Waals surface area contributed by atoms with Gasteiger partial charge >= 0.3 is 0 Å². The molecule has 0 aromatic carbocycles. The average molecular weight is 224 g/mol. The summed E-state index contributed by atoms with van der Waals surface area (Å²) in [5.74, 6) is 1.45. The fraction of sp³-hybridized carbons (Fsp3) is 0.923. The lowest BCUT2D eigenvalue weighted by Gasteiger charge is -2.28. The van der Waals surface area contributed by atoms with Gasteiger partial charge in [-0.3, -0.25) is 4.79 Å². The van der Waals surface area contributed by atoms with Gasteiger partial charge in [-0.15, -0.1) is 0 Å². The molecule has 2 aliphatic rings. The second kappa shape index (κ2) is 5.67. The SMILES string of the molecule is CC1CCCN(C(=O)[C@@H]2CCCNC2)CC1. The lowest BCUT2D eigenvalue weighted by molar-refractivity contribution is -0.136. The van der Waals surface area contributed by atoms with Gasteiger partial charge in [-0.1, -0.05) is 6.92 Å². The number of nitrogens with zero attached hydrogens (tertiary/aromatic N) is 1. The summed E-state index contributed by atoms with van der Waals surface area (Å²) in [6.45, 7) is 6.25. The lowest BCUT2D eigenvalue weighted by Crippen LogP contribution is -2.43. The molecule has 2 aliphatic heterocycles. The van der Waals surface area contributed by atoms with E-state index in [1.54, 1.807) is 0 Å². The molecule has 0 radical (unpaired) electrons. The minimum Gasteiger partial charge on any atom is -0.342 e. The van der Waals surface area contributed by atoms with Crippen LogP contribution in [0.2, 0.25) is 0 Å². The highest BCUT2D eigenvalue weighted by Gasteiger charge is 2.26. The highest BCUT2D eigenvalue weighted by atomic mass is 16.2. The Kier molecular flexibility index (Phi) is 4.22. The van der Waals surface area contributed by atoms with E-state index in [1.165, 1.54) is 19.3 Å². The maximum atomic E-state index is 12.3. The molecule has 0 aromatic rings. The van der Waals surface area contributed by atoms with Crippen molar-refractivity contribution in [2.75, 3.05) is 26.2 Å². The van der Waals surface area contributed by atoms with E-state index in [0.717, 1.165) is 44.9 Å². The monoisotopic (exact) mass is 224 g/mol. The molecule has 1 unspecified atom stereocenters. The number of hydrogen-bond acceptors (Lipinski definition) is 2. The van der Waals surface area contributed by atoms with E-state index in [1.807, 2.05) is 0 Å². The molecule has 1 N–H and O–H groups in total. The molecular formula is C13H24N2O. The molecule has 16 heavy (non-hydrogen) atoms. The first kappa shape index (κ1) is 11.9. The van der Waals surface area contributed by atoms with Crippen LogP contribution < -0.4 is 5.32 Å². The van der Waals surface area contributed by atoms with E-state index in [4.69, 9.17) is 0 Å². The molecule has 2 atom stereocenters. The highest BCUT2D eigenvalue weighted by Crippen LogP contribution is 2.20. The third kappa shape index (κ3) is 2.97. The second-order valence-electron chi connectivity index (χ2n) is 5.40. The molecule has 1 amide bonds. The second-order valence-corrected chi connectivity index (χ2v) is 5.40. The van der Waals surface area contributed by atoms with Gasteiger partial charge in [0.25, 0.3) is 0 Å². The van der Waals surface area contributed by atoms with Crippen LogP contribution in [-0.4, -0.2) is 37.0 Å². The third-order valence-electron chi connectivity index (χ3n) is 3.97. The number of rotatable bonds is 1. The number of likely N-dealkylation sites (tertiary alicyclic amines) is 1. The summed E-state index contributed by atoms with van der Waals surface area (Å²) in [5, 5.41) is 3.33. The smallest absolute Gasteiger partial charge is 0.226 e. The Bertz CT molecular complexity index is 236. The lowest BCUT2D eigenvalue weighted by atomic mass is 9.98. The normalized spacial score (nSPS) is 32.2. The molecule has 0 bridgehead atoms. The summed E-state index contributed by atoms with van der Waals surface area (Å²) >= 11 is 0. The summed E-state index contributed by atoms with van der Waals surface area (Å²) in [4.78, 5) is 14.4. The van der Waals surface area contributed by atoms with Gasteiger partial charge < -0.3 is 10.2 Å². The van der Waals surface area contributed by atoms with Crippen molar-refractivity contribution in [3.8, 4) is 0 Å². The van der Waals surface area contributed by atoms with Crippen molar-refractivity contribution in [1.29, 1.82) is 0 Å². The molecule has 0 aromatic heterocycles. The fourth-order valence-electron chi connectivity index (χ4n) is 2.80. The molecule has 2 saturated heterocycles. The molecule has 0 aliphatic carbocycles. The summed E-state index contributed by atoms with van der Waals surface area (Å²) < 4.78 is 0. The van der Waals surface area contributed by atoms with Crippen LogP contribution in [0.25, 0.3) is 0 Å². The fourth-order valence-corrected chi connectivity index (χ4v) is 2.80. The van der Waals surface area contributed by atoms with Crippen molar-refractivity contribution in [2.45, 2.75) is 39.0 Å². The van der Waals surface area contributed by atoms with Gasteiger partial charge in [0.2, 0.25) is 5.91 Å². The molecule has 2 fully saturated rings. The topological polar surface area (TPSA) is 32.3 Å². The number of carbonyl (C=O) groups is 1. The third-order valence-corrected chi connectivity index (χ3v) is 3.97. The van der Waals surface area contributed by atoms with Crippen molar-refractivity contribution >= 4 is 5.91 Å². The predicted molar refractivity (Wildman–Crippen MR) is 65.2 cm³/mol. The van der Waals surface area contributed by atoms with Crippen molar-refractivity contribution in [3.05, 3.63) is 0 Å². The summed E-state index contributed by atoms with van der Waals surface area (Å²) in [7, 11) is 0. The van der Waals surface area contributed by atoms with E-state index in [9.17, 15) is 4.79 Å². The molecular weight excluding hydrogens is 200 g/mol. The zero-order valence-electron chi connectivity index (χ0n) is 10.4. The molecule has 2 rings (SSSR count). The van der Waals surface area contributed by atoms with Crippen molar-refractivity contribution < 1.29 is 4.79 Å². The van der Waals surface area contributed by atoms with E-state index in [-0.39, 0.29) is 5.92 Å². The minimum atomic E-state index is 0.252. The van der Waals surface area contributed by atoms with Gasteiger partial charge in [0, 0.05) is 19.6 Å². The van der Waals surface area contributed by atoms with Crippen LogP contribution in [0, 0.1) is 11.8 Å².